The summed E-state index contributed by atoms with van der Waals surface area (Å²) >= 11 is 0. The zero-order valence-electron chi connectivity index (χ0n) is 7.97. The molecule has 0 amide bonds. The first-order valence-corrected chi connectivity index (χ1v) is 4.31. The van der Waals surface area contributed by atoms with Crippen LogP contribution in [0.2, 0.25) is 0 Å². The van der Waals surface area contributed by atoms with Gasteiger partial charge in [0.05, 0.1) is 19.1 Å². The third-order valence-electron chi connectivity index (χ3n) is 1.54. The molecule has 0 rings (SSSR count). The van der Waals surface area contributed by atoms with E-state index >= 15 is 0 Å². The summed E-state index contributed by atoms with van der Waals surface area (Å²) in [4.78, 5) is 21.2. The van der Waals surface area contributed by atoms with E-state index in [0.29, 0.717) is 6.42 Å². The Morgan fingerprint density at radius 3 is 2.50 bits per heavy atom. The van der Waals surface area contributed by atoms with Gasteiger partial charge < -0.3 is 20.7 Å². The van der Waals surface area contributed by atoms with E-state index in [-0.39, 0.29) is 6.61 Å². The molecule has 0 aliphatic heterocycles. The van der Waals surface area contributed by atoms with Crippen LogP contribution < -0.4 is 5.73 Å². The zero-order valence-corrected chi connectivity index (χ0v) is 7.97. The van der Waals surface area contributed by atoms with Crippen molar-refractivity contribution in [3.05, 3.63) is 0 Å². The van der Waals surface area contributed by atoms with Crippen molar-refractivity contribution in [3.63, 3.8) is 0 Å². The summed E-state index contributed by atoms with van der Waals surface area (Å²) in [5.74, 6) is -1.99. The lowest BCUT2D eigenvalue weighted by Crippen LogP contribution is -2.43. The summed E-state index contributed by atoms with van der Waals surface area (Å²) in [6.07, 6.45) is -1.13. The highest BCUT2D eigenvalue weighted by molar-refractivity contribution is 5.76. The molecule has 82 valence electrons. The Morgan fingerprint density at radius 1 is 1.50 bits per heavy atom. The molecular weight excluding hydrogens is 190 g/mol. The molecule has 1 unspecified atom stereocenters. The van der Waals surface area contributed by atoms with Gasteiger partial charge in [0.25, 0.3) is 0 Å². The zero-order chi connectivity index (χ0) is 11.1. The number of carboxylic acid groups (broad SMARTS) is 1. The van der Waals surface area contributed by atoms with Gasteiger partial charge in [0.1, 0.15) is 6.04 Å². The number of carbonyl (C=O) groups excluding carboxylic acids is 1. The van der Waals surface area contributed by atoms with E-state index in [0.717, 1.165) is 0 Å². The van der Waals surface area contributed by atoms with Crippen molar-refractivity contribution in [2.75, 3.05) is 6.61 Å². The lowest BCUT2D eigenvalue weighted by Gasteiger charge is -2.13. The van der Waals surface area contributed by atoms with Gasteiger partial charge in [-0.3, -0.25) is 9.59 Å². The van der Waals surface area contributed by atoms with Crippen LogP contribution in [-0.4, -0.2) is 40.9 Å². The Bertz CT molecular complexity index is 206. The average Bonchev–Trinajstić information content (AvgIpc) is 2.13. The number of hydrogen-bond donors (Lipinski definition) is 3. The number of aliphatic hydroxyl groups excluding tert-OH is 1. The molecular formula is C8H15NO5. The summed E-state index contributed by atoms with van der Waals surface area (Å²) in [6.45, 7) is 2.08. The lowest BCUT2D eigenvalue weighted by atomic mass is 10.1. The molecule has 0 saturated heterocycles. The molecule has 0 spiro atoms. The molecule has 6 nitrogen and oxygen atoms in total. The number of nitrogens with two attached hydrogens (primary N) is 1. The molecule has 0 radical (unpaired) electrons. The second-order valence-corrected chi connectivity index (χ2v) is 2.86. The maximum absolute atomic E-state index is 10.9. The Hall–Kier alpha value is -1.14. The van der Waals surface area contributed by atoms with Crippen LogP contribution in [0, 0.1) is 0 Å². The molecule has 6 heteroatoms. The Labute approximate surface area is 81.7 Å². The first kappa shape index (κ1) is 12.9. The highest BCUT2D eigenvalue weighted by atomic mass is 16.5. The fourth-order valence-electron chi connectivity index (χ4n) is 0.737. The summed E-state index contributed by atoms with van der Waals surface area (Å²) in [7, 11) is 0. The van der Waals surface area contributed by atoms with Crippen molar-refractivity contribution in [1.29, 1.82) is 0 Å². The van der Waals surface area contributed by atoms with E-state index in [2.05, 4.69) is 4.74 Å². The van der Waals surface area contributed by atoms with Crippen LogP contribution in [-0.2, 0) is 14.3 Å². The van der Waals surface area contributed by atoms with E-state index < -0.39 is 30.5 Å². The second kappa shape index (κ2) is 6.33. The molecule has 0 aromatic rings. The molecule has 0 aliphatic rings. The van der Waals surface area contributed by atoms with Gasteiger partial charge in [-0.15, -0.1) is 0 Å². The highest BCUT2D eigenvalue weighted by Crippen LogP contribution is 1.99. The topological polar surface area (TPSA) is 110 Å². The van der Waals surface area contributed by atoms with Crippen molar-refractivity contribution in [2.45, 2.75) is 31.9 Å². The van der Waals surface area contributed by atoms with Gasteiger partial charge in [0.2, 0.25) is 0 Å². The number of carbonyl (C=O) groups is 2. The number of ether oxygens (including phenoxy) is 1. The predicted octanol–water partition coefficient (Wildman–Crippen LogP) is -0.897. The van der Waals surface area contributed by atoms with Crippen LogP contribution in [0.1, 0.15) is 19.8 Å². The van der Waals surface area contributed by atoms with Crippen molar-refractivity contribution in [2.24, 2.45) is 5.73 Å². The summed E-state index contributed by atoms with van der Waals surface area (Å²) in [6, 6.07) is -1.45. The summed E-state index contributed by atoms with van der Waals surface area (Å²) in [5.41, 5.74) is 5.08. The molecule has 14 heavy (non-hydrogen) atoms. The normalized spacial score (nSPS) is 14.5. The minimum atomic E-state index is -1.45. The van der Waals surface area contributed by atoms with Gasteiger partial charge in [-0.1, -0.05) is 6.92 Å². The molecule has 0 aliphatic carbocycles. The molecule has 0 aromatic heterocycles. The SMILES string of the molecule is CCCOC(=O)CC(O)[C@H](N)C(=O)O. The van der Waals surface area contributed by atoms with Gasteiger partial charge in [-0.25, -0.2) is 0 Å². The summed E-state index contributed by atoms with van der Waals surface area (Å²) < 4.78 is 4.64. The van der Waals surface area contributed by atoms with E-state index in [9.17, 15) is 9.59 Å². The Kier molecular flexibility index (Phi) is 5.82. The quantitative estimate of drug-likeness (QED) is 0.485. The van der Waals surface area contributed by atoms with Gasteiger partial charge >= 0.3 is 11.9 Å². The smallest absolute Gasteiger partial charge is 0.323 e. The minimum Gasteiger partial charge on any atom is -0.480 e. The first-order chi connectivity index (χ1) is 6.49. The first-order valence-electron chi connectivity index (χ1n) is 4.31. The monoisotopic (exact) mass is 205 g/mol. The average molecular weight is 205 g/mol. The maximum Gasteiger partial charge on any atom is 0.323 e. The fourth-order valence-corrected chi connectivity index (χ4v) is 0.737. The van der Waals surface area contributed by atoms with Crippen LogP contribution in [0.5, 0.6) is 0 Å². The van der Waals surface area contributed by atoms with Gasteiger partial charge in [-0.05, 0) is 6.42 Å². The number of aliphatic hydroxyl groups is 1. The van der Waals surface area contributed by atoms with Crippen molar-refractivity contribution >= 4 is 11.9 Å². The number of rotatable bonds is 6. The lowest BCUT2D eigenvalue weighted by molar-refractivity contribution is -0.148. The van der Waals surface area contributed by atoms with Crippen LogP contribution in [0.4, 0.5) is 0 Å². The largest absolute Gasteiger partial charge is 0.480 e. The maximum atomic E-state index is 10.9. The van der Waals surface area contributed by atoms with Crippen molar-refractivity contribution in [1.82, 2.24) is 0 Å². The van der Waals surface area contributed by atoms with Crippen molar-refractivity contribution < 1.29 is 24.5 Å². The minimum absolute atomic E-state index is 0.258. The molecule has 0 aromatic carbocycles. The van der Waals surface area contributed by atoms with E-state index in [1.54, 1.807) is 0 Å². The molecule has 4 N–H and O–H groups in total. The number of carboxylic acids is 1. The predicted molar refractivity (Wildman–Crippen MR) is 47.5 cm³/mol. The van der Waals surface area contributed by atoms with Gasteiger partial charge in [-0.2, -0.15) is 0 Å². The summed E-state index contributed by atoms with van der Waals surface area (Å²) in [5, 5.41) is 17.6. The fraction of sp³-hybridized carbons (Fsp3) is 0.750. The number of hydrogen-bond acceptors (Lipinski definition) is 5. The van der Waals surface area contributed by atoms with Crippen LogP contribution in [0.3, 0.4) is 0 Å². The van der Waals surface area contributed by atoms with E-state index in [1.165, 1.54) is 0 Å². The van der Waals surface area contributed by atoms with Crippen LogP contribution in [0.25, 0.3) is 0 Å². The molecule has 0 heterocycles. The Balaban J connectivity index is 3.86. The molecule has 0 fully saturated rings. The highest BCUT2D eigenvalue weighted by Gasteiger charge is 2.24. The van der Waals surface area contributed by atoms with Crippen LogP contribution >= 0.6 is 0 Å². The van der Waals surface area contributed by atoms with Crippen molar-refractivity contribution in [3.8, 4) is 0 Å². The standard InChI is InChI=1S/C8H15NO5/c1-2-3-14-6(11)4-5(10)7(9)8(12)13/h5,7,10H,2-4,9H2,1H3,(H,12,13)/t5?,7-/m0/s1. The molecule has 2 atom stereocenters. The van der Waals surface area contributed by atoms with Crippen LogP contribution in [0.15, 0.2) is 0 Å². The van der Waals surface area contributed by atoms with Gasteiger partial charge in [0, 0.05) is 0 Å². The number of esters is 1. The third kappa shape index (κ3) is 4.78. The number of aliphatic carboxylic acids is 1. The molecule has 0 saturated carbocycles. The second-order valence-electron chi connectivity index (χ2n) is 2.86. The Morgan fingerprint density at radius 2 is 2.07 bits per heavy atom. The molecule has 0 bridgehead atoms. The third-order valence-corrected chi connectivity index (χ3v) is 1.54. The van der Waals surface area contributed by atoms with E-state index in [1.807, 2.05) is 6.92 Å². The van der Waals surface area contributed by atoms with E-state index in [4.69, 9.17) is 15.9 Å². The van der Waals surface area contributed by atoms with Gasteiger partial charge in [0.15, 0.2) is 0 Å².